The van der Waals surface area contributed by atoms with Gasteiger partial charge in [-0.05, 0) is 49.4 Å². The molecule has 1 aromatic heterocycles. The lowest BCUT2D eigenvalue weighted by molar-refractivity contribution is 0.101. The second kappa shape index (κ2) is 8.92. The third-order valence-corrected chi connectivity index (χ3v) is 7.53. The molecule has 1 aliphatic rings. The highest BCUT2D eigenvalue weighted by molar-refractivity contribution is 7.89. The first-order chi connectivity index (χ1) is 14.5. The minimum Gasteiger partial charge on any atom is -0.395 e. The van der Waals surface area contributed by atoms with Gasteiger partial charge in [0.15, 0.2) is 5.78 Å². The van der Waals surface area contributed by atoms with E-state index in [1.165, 1.54) is 0 Å². The lowest BCUT2D eigenvalue weighted by Crippen LogP contribution is -2.48. The molecule has 3 rings (SSSR count). The van der Waals surface area contributed by atoms with Gasteiger partial charge in [0.1, 0.15) is 0 Å². The summed E-state index contributed by atoms with van der Waals surface area (Å²) in [4.78, 5) is 16.7. The molecule has 1 aromatic carbocycles. The molecule has 31 heavy (non-hydrogen) atoms. The van der Waals surface area contributed by atoms with Gasteiger partial charge in [0.25, 0.3) is 0 Å². The summed E-state index contributed by atoms with van der Waals surface area (Å²) >= 11 is 12.7. The van der Waals surface area contributed by atoms with E-state index in [-0.39, 0.29) is 5.78 Å². The number of aromatic nitrogens is 1. The van der Waals surface area contributed by atoms with Crippen LogP contribution in [0, 0.1) is 5.41 Å². The molecule has 1 heterocycles. The van der Waals surface area contributed by atoms with Crippen LogP contribution in [0.3, 0.4) is 0 Å². The number of rotatable bonds is 8. The van der Waals surface area contributed by atoms with Crippen LogP contribution in [0.4, 0.5) is 0 Å². The monoisotopic (exact) mass is 482 g/mol. The zero-order chi connectivity index (χ0) is 22.9. The van der Waals surface area contributed by atoms with E-state index in [1.807, 2.05) is 19.1 Å². The number of Topliss-reactive ketones (excluding diaryl/α,β-unsaturated/α-hetero) is 1. The largest absolute Gasteiger partial charge is 0.395 e. The standard InChI is InChI=1S/C22H24Cl2N2O4S/c1-21(26-31(29,30)11-10-27)13-18(20(28)15-5-7-16(23)8-6-15)22(2,19(24)14-21)12-17-4-3-9-25-17/h3-9,13-14,25-27H,10-12H2,1-2H3. The van der Waals surface area contributed by atoms with Crippen molar-refractivity contribution in [2.45, 2.75) is 25.8 Å². The first-order valence-electron chi connectivity index (χ1n) is 9.65. The highest BCUT2D eigenvalue weighted by Gasteiger charge is 2.44. The zero-order valence-electron chi connectivity index (χ0n) is 17.2. The summed E-state index contributed by atoms with van der Waals surface area (Å²) in [6.07, 6.45) is 5.41. The van der Waals surface area contributed by atoms with Crippen LogP contribution < -0.4 is 4.72 Å². The number of nitrogens with one attached hydrogen (secondary N) is 2. The third-order valence-electron chi connectivity index (χ3n) is 5.29. The molecule has 2 unspecified atom stereocenters. The van der Waals surface area contributed by atoms with E-state index >= 15 is 0 Å². The predicted molar refractivity (Wildman–Crippen MR) is 123 cm³/mol. The van der Waals surface area contributed by atoms with Crippen LogP contribution in [0.15, 0.2) is 65.4 Å². The molecule has 2 atom stereocenters. The maximum atomic E-state index is 13.6. The number of halogens is 2. The minimum atomic E-state index is -3.80. The van der Waals surface area contributed by atoms with Gasteiger partial charge in [0.2, 0.25) is 10.0 Å². The van der Waals surface area contributed by atoms with Gasteiger partial charge in [-0.25, -0.2) is 13.1 Å². The Bertz CT molecular complexity index is 1120. The summed E-state index contributed by atoms with van der Waals surface area (Å²) in [6.45, 7) is 2.95. The molecular weight excluding hydrogens is 459 g/mol. The van der Waals surface area contributed by atoms with E-state index in [4.69, 9.17) is 28.3 Å². The number of allylic oxidation sites excluding steroid dienone is 2. The van der Waals surface area contributed by atoms with Crippen molar-refractivity contribution in [1.29, 1.82) is 0 Å². The number of aliphatic hydroxyl groups is 1. The van der Waals surface area contributed by atoms with Crippen molar-refractivity contribution in [2.24, 2.45) is 5.41 Å². The van der Waals surface area contributed by atoms with E-state index in [2.05, 4.69) is 9.71 Å². The number of benzene rings is 1. The van der Waals surface area contributed by atoms with Crippen LogP contribution in [-0.4, -0.2) is 42.2 Å². The van der Waals surface area contributed by atoms with Crippen molar-refractivity contribution in [1.82, 2.24) is 9.71 Å². The van der Waals surface area contributed by atoms with Crippen LogP contribution >= 0.6 is 23.2 Å². The van der Waals surface area contributed by atoms with Crippen LogP contribution in [0.1, 0.15) is 29.9 Å². The number of aliphatic hydroxyl groups excluding tert-OH is 1. The number of H-pyrrole nitrogens is 1. The lowest BCUT2D eigenvalue weighted by Gasteiger charge is -2.39. The number of sulfonamides is 1. The maximum absolute atomic E-state index is 13.6. The molecule has 0 amide bonds. The molecule has 0 aliphatic heterocycles. The van der Waals surface area contributed by atoms with Crippen LogP contribution in [0.25, 0.3) is 0 Å². The van der Waals surface area contributed by atoms with Gasteiger partial charge >= 0.3 is 0 Å². The highest BCUT2D eigenvalue weighted by atomic mass is 35.5. The van der Waals surface area contributed by atoms with E-state index in [0.717, 1.165) is 5.69 Å². The van der Waals surface area contributed by atoms with E-state index in [1.54, 1.807) is 49.5 Å². The maximum Gasteiger partial charge on any atom is 0.214 e. The fraction of sp³-hybridized carbons (Fsp3) is 0.318. The average Bonchev–Trinajstić information content (AvgIpc) is 3.17. The number of ketones is 1. The molecule has 1 aliphatic carbocycles. The van der Waals surface area contributed by atoms with E-state index in [0.29, 0.717) is 27.6 Å². The predicted octanol–water partition coefficient (Wildman–Crippen LogP) is 3.83. The first kappa shape index (κ1) is 23.8. The smallest absolute Gasteiger partial charge is 0.214 e. The summed E-state index contributed by atoms with van der Waals surface area (Å²) in [5, 5.41) is 9.91. The minimum absolute atomic E-state index is 0.274. The second-order valence-electron chi connectivity index (χ2n) is 8.02. The Hall–Kier alpha value is -1.90. The topological polar surface area (TPSA) is 99.3 Å². The molecule has 0 saturated carbocycles. The molecular formula is C22H24Cl2N2O4S. The van der Waals surface area contributed by atoms with Crippen molar-refractivity contribution in [3.8, 4) is 0 Å². The molecule has 0 spiro atoms. The molecule has 0 fully saturated rings. The summed E-state index contributed by atoms with van der Waals surface area (Å²) < 4.78 is 27.2. The second-order valence-corrected chi connectivity index (χ2v) is 10.7. The molecule has 3 N–H and O–H groups in total. The Labute approximate surface area is 192 Å². The highest BCUT2D eigenvalue weighted by Crippen LogP contribution is 2.47. The van der Waals surface area contributed by atoms with Crippen molar-refractivity contribution in [2.75, 3.05) is 12.4 Å². The average molecular weight is 483 g/mol. The summed E-state index contributed by atoms with van der Waals surface area (Å²) in [5.74, 6) is -0.730. The number of hydrogen-bond acceptors (Lipinski definition) is 4. The fourth-order valence-electron chi connectivity index (χ4n) is 3.73. The van der Waals surface area contributed by atoms with Crippen LogP contribution in [0.2, 0.25) is 5.02 Å². The van der Waals surface area contributed by atoms with Gasteiger partial charge in [0, 0.05) is 44.9 Å². The summed E-state index contributed by atoms with van der Waals surface area (Å²) in [7, 11) is -3.80. The Balaban J connectivity index is 2.10. The lowest BCUT2D eigenvalue weighted by atomic mass is 9.69. The Morgan fingerprint density at radius 3 is 2.39 bits per heavy atom. The van der Waals surface area contributed by atoms with Gasteiger partial charge in [0.05, 0.1) is 17.9 Å². The molecule has 6 nitrogen and oxygen atoms in total. The number of aromatic amines is 1. The van der Waals surface area contributed by atoms with E-state index < -0.39 is 33.3 Å². The van der Waals surface area contributed by atoms with Crippen LogP contribution in [0.5, 0.6) is 0 Å². The third kappa shape index (κ3) is 5.30. The number of hydrogen-bond donors (Lipinski definition) is 3. The van der Waals surface area contributed by atoms with Gasteiger partial charge < -0.3 is 10.1 Å². The quantitative estimate of drug-likeness (QED) is 0.497. The van der Waals surface area contributed by atoms with Gasteiger partial charge in [-0.1, -0.05) is 36.2 Å². The number of carbonyl (C=O) groups excluding carboxylic acids is 1. The summed E-state index contributed by atoms with van der Waals surface area (Å²) in [5.41, 5.74) is -0.456. The van der Waals surface area contributed by atoms with Gasteiger partial charge in [-0.15, -0.1) is 0 Å². The van der Waals surface area contributed by atoms with E-state index in [9.17, 15) is 13.2 Å². The van der Waals surface area contributed by atoms with Crippen molar-refractivity contribution in [3.63, 3.8) is 0 Å². The molecule has 2 aromatic rings. The first-order valence-corrected chi connectivity index (χ1v) is 12.1. The molecule has 0 bridgehead atoms. The summed E-state index contributed by atoms with van der Waals surface area (Å²) in [6, 6.07) is 10.3. The molecule has 166 valence electrons. The van der Waals surface area contributed by atoms with Gasteiger partial charge in [-0.2, -0.15) is 0 Å². The van der Waals surface area contributed by atoms with Gasteiger partial charge in [-0.3, -0.25) is 4.79 Å². The SMILES string of the molecule is CC1(NS(=O)(=O)CCO)C=C(Cl)C(C)(Cc2ccc[nH]2)C(C(=O)c2ccc(Cl)cc2)=C1. The fourth-order valence-corrected chi connectivity index (χ4v) is 5.38. The molecule has 0 radical (unpaired) electrons. The molecule has 9 heteroatoms. The molecule has 0 saturated heterocycles. The van der Waals surface area contributed by atoms with Crippen molar-refractivity contribution in [3.05, 3.63) is 81.6 Å². The zero-order valence-corrected chi connectivity index (χ0v) is 19.5. The Kier molecular flexibility index (Phi) is 6.84. The Morgan fingerprint density at radius 2 is 1.81 bits per heavy atom. The van der Waals surface area contributed by atoms with Crippen LogP contribution in [-0.2, 0) is 16.4 Å². The Morgan fingerprint density at radius 1 is 1.13 bits per heavy atom. The van der Waals surface area contributed by atoms with Crippen molar-refractivity contribution >= 4 is 39.0 Å². The number of carbonyl (C=O) groups is 1. The normalized spacial score (nSPS) is 23.9. The van der Waals surface area contributed by atoms with Crippen molar-refractivity contribution < 1.29 is 18.3 Å².